The van der Waals surface area contributed by atoms with Crippen LogP contribution in [0.4, 0.5) is 11.4 Å². The second kappa shape index (κ2) is 8.94. The zero-order valence-corrected chi connectivity index (χ0v) is 17.3. The van der Waals surface area contributed by atoms with E-state index in [-0.39, 0.29) is 18.7 Å². The number of anilines is 2. The molecule has 0 aliphatic heterocycles. The van der Waals surface area contributed by atoms with Gasteiger partial charge in [0.1, 0.15) is 0 Å². The number of nitrogens with zero attached hydrogens (tertiary/aromatic N) is 1. The first kappa shape index (κ1) is 21.1. The van der Waals surface area contributed by atoms with Gasteiger partial charge in [0.2, 0.25) is 5.91 Å². The number of furan rings is 1. The first-order chi connectivity index (χ1) is 15.4. The number of nitrogens with one attached hydrogen (secondary N) is 3. The summed E-state index contributed by atoms with van der Waals surface area (Å²) in [5, 5.41) is 6.07. The molecule has 0 saturated heterocycles. The predicted octanol–water partition coefficient (Wildman–Crippen LogP) is 3.22. The monoisotopic (exact) mass is 452 g/mol. The van der Waals surface area contributed by atoms with Crippen LogP contribution >= 0.6 is 11.6 Å². The number of aromatic amines is 1. The highest BCUT2D eigenvalue weighted by atomic mass is 35.5. The van der Waals surface area contributed by atoms with Crippen LogP contribution in [0.1, 0.15) is 17.0 Å². The summed E-state index contributed by atoms with van der Waals surface area (Å²) in [5.41, 5.74) is -0.0207. The quantitative estimate of drug-likeness (QED) is 0.414. The van der Waals surface area contributed by atoms with Crippen LogP contribution in [-0.4, -0.2) is 21.4 Å². The molecule has 32 heavy (non-hydrogen) atoms. The van der Waals surface area contributed by atoms with E-state index in [4.69, 9.17) is 16.0 Å². The minimum Gasteiger partial charge on any atom is -0.459 e. The van der Waals surface area contributed by atoms with Gasteiger partial charge in [-0.1, -0.05) is 23.7 Å². The van der Waals surface area contributed by atoms with E-state index in [1.165, 1.54) is 23.0 Å². The molecular formula is C22H17ClN4O5. The molecule has 0 fully saturated rings. The topological polar surface area (TPSA) is 126 Å². The third-order valence-electron chi connectivity index (χ3n) is 4.72. The Labute approximate surface area is 185 Å². The van der Waals surface area contributed by atoms with Crippen molar-refractivity contribution in [2.45, 2.75) is 13.0 Å². The third kappa shape index (κ3) is 4.47. The van der Waals surface area contributed by atoms with Crippen molar-refractivity contribution in [3.8, 4) is 0 Å². The molecule has 4 rings (SSSR count). The average molecular weight is 453 g/mol. The Morgan fingerprint density at radius 1 is 1.00 bits per heavy atom. The van der Waals surface area contributed by atoms with E-state index in [2.05, 4.69) is 15.6 Å². The number of benzene rings is 2. The molecule has 2 aromatic heterocycles. The molecule has 0 aliphatic carbocycles. The van der Waals surface area contributed by atoms with Crippen molar-refractivity contribution < 1.29 is 14.0 Å². The van der Waals surface area contributed by atoms with Gasteiger partial charge in [-0.25, -0.2) is 4.79 Å². The smallest absolute Gasteiger partial charge is 0.328 e. The first-order valence-electron chi connectivity index (χ1n) is 9.58. The van der Waals surface area contributed by atoms with Crippen molar-refractivity contribution in [1.29, 1.82) is 0 Å². The third-order valence-corrected chi connectivity index (χ3v) is 4.95. The normalized spacial score (nSPS) is 10.8. The molecule has 0 atom stereocenters. The fourth-order valence-electron chi connectivity index (χ4n) is 3.21. The van der Waals surface area contributed by atoms with Gasteiger partial charge in [-0.15, -0.1) is 0 Å². The molecule has 4 aromatic rings. The molecule has 0 radical (unpaired) electrons. The number of carbonyl (C=O) groups is 2. The standard InChI is InChI=1S/C22H17ClN4O5/c23-13-7-8-15(16(12-13)25-21(30)18-6-3-11-32-18)24-19(28)9-10-27-17-5-2-1-4-14(17)20(29)26-22(27)31/h1-8,11-12H,9-10H2,(H,24,28)(H,25,30)(H,26,29,31). The summed E-state index contributed by atoms with van der Waals surface area (Å²) in [6.45, 7) is 0.0453. The second-order valence-corrected chi connectivity index (χ2v) is 7.28. The zero-order chi connectivity index (χ0) is 22.7. The molecule has 9 nitrogen and oxygen atoms in total. The molecule has 2 amide bonds. The van der Waals surface area contributed by atoms with E-state index >= 15 is 0 Å². The number of hydrogen-bond donors (Lipinski definition) is 3. The lowest BCUT2D eigenvalue weighted by Crippen LogP contribution is -2.31. The van der Waals surface area contributed by atoms with Crippen molar-refractivity contribution in [2.75, 3.05) is 10.6 Å². The van der Waals surface area contributed by atoms with Gasteiger partial charge < -0.3 is 15.1 Å². The summed E-state index contributed by atoms with van der Waals surface area (Å²) in [4.78, 5) is 51.4. The highest BCUT2D eigenvalue weighted by Gasteiger charge is 2.14. The molecule has 0 bridgehead atoms. The Balaban J connectivity index is 1.51. The highest BCUT2D eigenvalue weighted by Crippen LogP contribution is 2.26. The van der Waals surface area contributed by atoms with Gasteiger partial charge >= 0.3 is 5.69 Å². The van der Waals surface area contributed by atoms with Crippen LogP contribution in [0, 0.1) is 0 Å². The Morgan fingerprint density at radius 3 is 2.59 bits per heavy atom. The average Bonchev–Trinajstić information content (AvgIpc) is 3.31. The van der Waals surface area contributed by atoms with Crippen LogP contribution in [0.3, 0.4) is 0 Å². The SMILES string of the molecule is O=C(CCn1c(=O)[nH]c(=O)c2ccccc21)Nc1ccc(Cl)cc1NC(=O)c1ccco1. The molecule has 10 heteroatoms. The van der Waals surface area contributed by atoms with Gasteiger partial charge in [0, 0.05) is 18.0 Å². The molecule has 0 aliphatic rings. The van der Waals surface area contributed by atoms with Gasteiger partial charge in [0.05, 0.1) is 28.5 Å². The van der Waals surface area contributed by atoms with Gasteiger partial charge in [0.25, 0.3) is 11.5 Å². The molecule has 2 heterocycles. The Kier molecular flexibility index (Phi) is 5.91. The van der Waals surface area contributed by atoms with Crippen molar-refractivity contribution in [3.05, 3.63) is 92.5 Å². The van der Waals surface area contributed by atoms with Crippen LogP contribution in [0.5, 0.6) is 0 Å². The van der Waals surface area contributed by atoms with Crippen LogP contribution in [0.25, 0.3) is 10.9 Å². The van der Waals surface area contributed by atoms with E-state index in [0.717, 1.165) is 0 Å². The Morgan fingerprint density at radius 2 is 1.81 bits per heavy atom. The Bertz CT molecular complexity index is 1420. The molecule has 3 N–H and O–H groups in total. The Hall–Kier alpha value is -4.11. The van der Waals surface area contributed by atoms with E-state index in [0.29, 0.717) is 27.3 Å². The molecule has 162 valence electrons. The summed E-state index contributed by atoms with van der Waals surface area (Å²) < 4.78 is 6.40. The first-order valence-corrected chi connectivity index (χ1v) is 9.96. The van der Waals surface area contributed by atoms with Crippen molar-refractivity contribution in [1.82, 2.24) is 9.55 Å². The largest absolute Gasteiger partial charge is 0.459 e. The molecule has 0 unspecified atom stereocenters. The van der Waals surface area contributed by atoms with Crippen LogP contribution in [0.2, 0.25) is 5.02 Å². The summed E-state index contributed by atoms with van der Waals surface area (Å²) in [6, 6.07) is 14.4. The van der Waals surface area contributed by atoms with Crippen LogP contribution in [0.15, 0.2) is 74.9 Å². The maximum atomic E-state index is 12.6. The van der Waals surface area contributed by atoms with Gasteiger partial charge in [-0.3, -0.25) is 23.9 Å². The summed E-state index contributed by atoms with van der Waals surface area (Å²) in [7, 11) is 0. The van der Waals surface area contributed by atoms with Crippen molar-refractivity contribution >= 4 is 45.7 Å². The minimum absolute atomic E-state index is 0.0453. The second-order valence-electron chi connectivity index (χ2n) is 6.85. The van der Waals surface area contributed by atoms with Crippen LogP contribution < -0.4 is 21.9 Å². The van der Waals surface area contributed by atoms with Crippen LogP contribution in [-0.2, 0) is 11.3 Å². The van der Waals surface area contributed by atoms with E-state index < -0.39 is 23.1 Å². The lowest BCUT2D eigenvalue weighted by atomic mass is 10.2. The number of aryl methyl sites for hydroxylation is 1. The maximum Gasteiger partial charge on any atom is 0.328 e. The summed E-state index contributed by atoms with van der Waals surface area (Å²) in [5.74, 6) is -0.798. The van der Waals surface area contributed by atoms with E-state index in [1.54, 1.807) is 42.5 Å². The maximum absolute atomic E-state index is 12.6. The number of amides is 2. The number of hydrogen-bond acceptors (Lipinski definition) is 5. The van der Waals surface area contributed by atoms with Gasteiger partial charge in [0.15, 0.2) is 5.76 Å². The number of fused-ring (bicyclic) bond motifs is 1. The van der Waals surface area contributed by atoms with Gasteiger partial charge in [-0.2, -0.15) is 0 Å². The number of rotatable bonds is 6. The van der Waals surface area contributed by atoms with Crippen molar-refractivity contribution in [2.24, 2.45) is 0 Å². The fraction of sp³-hybridized carbons (Fsp3) is 0.0909. The molecular weight excluding hydrogens is 436 g/mol. The predicted molar refractivity (Wildman–Crippen MR) is 120 cm³/mol. The molecule has 0 spiro atoms. The number of aromatic nitrogens is 2. The number of H-pyrrole nitrogens is 1. The summed E-state index contributed by atoms with van der Waals surface area (Å²) >= 11 is 6.03. The zero-order valence-electron chi connectivity index (χ0n) is 16.6. The van der Waals surface area contributed by atoms with Gasteiger partial charge in [-0.05, 0) is 42.5 Å². The number of carbonyl (C=O) groups excluding carboxylic acids is 2. The molecule has 0 saturated carbocycles. The molecule has 2 aromatic carbocycles. The van der Waals surface area contributed by atoms with E-state index in [9.17, 15) is 19.2 Å². The lowest BCUT2D eigenvalue weighted by Gasteiger charge is -2.13. The minimum atomic E-state index is -0.598. The fourth-order valence-corrected chi connectivity index (χ4v) is 3.38. The summed E-state index contributed by atoms with van der Waals surface area (Å²) in [6.07, 6.45) is 1.32. The number of halogens is 1. The van der Waals surface area contributed by atoms with Crippen molar-refractivity contribution in [3.63, 3.8) is 0 Å². The number of para-hydroxylation sites is 1. The lowest BCUT2D eigenvalue weighted by molar-refractivity contribution is -0.116. The highest BCUT2D eigenvalue weighted by molar-refractivity contribution is 6.31. The van der Waals surface area contributed by atoms with E-state index in [1.807, 2.05) is 0 Å².